The van der Waals surface area contributed by atoms with Gasteiger partial charge in [0.15, 0.2) is 0 Å². The maximum absolute atomic E-state index is 13.2. The smallest absolute Gasteiger partial charge is 0.262 e. The number of benzene rings is 1. The average molecular weight is 406 g/mol. The van der Waals surface area contributed by atoms with Crippen molar-refractivity contribution in [1.29, 1.82) is 0 Å². The minimum atomic E-state index is -0.424. The van der Waals surface area contributed by atoms with Gasteiger partial charge in [-0.15, -0.1) is 23.7 Å². The van der Waals surface area contributed by atoms with Crippen LogP contribution in [0.25, 0.3) is 21.3 Å². The molecule has 1 aromatic carbocycles. The highest BCUT2D eigenvalue weighted by Gasteiger charge is 2.24. The molecule has 0 spiro atoms. The Hall–Kier alpha value is -1.73. The number of aromatic nitrogens is 2. The third-order valence-electron chi connectivity index (χ3n) is 5.26. The van der Waals surface area contributed by atoms with Crippen molar-refractivity contribution in [1.82, 2.24) is 14.9 Å². The number of fused-ring (bicyclic) bond motifs is 1. The maximum Gasteiger partial charge on any atom is 0.262 e. The van der Waals surface area contributed by atoms with Gasteiger partial charge in [-0.1, -0.05) is 23.8 Å². The molecule has 1 saturated heterocycles. The van der Waals surface area contributed by atoms with Crippen molar-refractivity contribution in [3.63, 3.8) is 0 Å². The van der Waals surface area contributed by atoms with E-state index in [1.54, 1.807) is 10.9 Å². The number of nitrogens with zero attached hydrogens (tertiary/aromatic N) is 2. The van der Waals surface area contributed by atoms with E-state index in [1.165, 1.54) is 16.9 Å². The highest BCUT2D eigenvalue weighted by molar-refractivity contribution is 7.17. The first-order valence-corrected chi connectivity index (χ1v) is 9.85. The van der Waals surface area contributed by atoms with Crippen LogP contribution in [0.5, 0.6) is 0 Å². The van der Waals surface area contributed by atoms with Gasteiger partial charge in [-0.25, -0.2) is 4.98 Å². The fraction of sp³-hybridized carbons (Fsp3) is 0.400. The monoisotopic (exact) mass is 405 g/mol. The van der Waals surface area contributed by atoms with Gasteiger partial charge in [0.1, 0.15) is 4.83 Å². The predicted octanol–water partition coefficient (Wildman–Crippen LogP) is 3.13. The summed E-state index contributed by atoms with van der Waals surface area (Å²) >= 11 is 1.51. The second-order valence-corrected chi connectivity index (χ2v) is 8.03. The van der Waals surface area contributed by atoms with Crippen molar-refractivity contribution in [3.8, 4) is 11.1 Å². The first-order chi connectivity index (χ1) is 12.5. The molecule has 5 nitrogen and oxygen atoms in total. The fourth-order valence-corrected chi connectivity index (χ4v) is 4.58. The molecule has 0 bridgehead atoms. The lowest BCUT2D eigenvalue weighted by molar-refractivity contribution is 0.0717. The largest absolute Gasteiger partial charge is 0.391 e. The van der Waals surface area contributed by atoms with Gasteiger partial charge in [0.05, 0.1) is 17.8 Å². The molecule has 2 atom stereocenters. The topological polar surface area (TPSA) is 67.2 Å². The van der Waals surface area contributed by atoms with E-state index in [-0.39, 0.29) is 23.9 Å². The van der Waals surface area contributed by atoms with E-state index in [2.05, 4.69) is 42.3 Å². The lowest BCUT2D eigenvalue weighted by Gasteiger charge is -2.28. The summed E-state index contributed by atoms with van der Waals surface area (Å²) in [6, 6.07) is 6.31. The highest BCUT2D eigenvalue weighted by Crippen LogP contribution is 2.33. The summed E-state index contributed by atoms with van der Waals surface area (Å²) in [7, 11) is 0. The minimum absolute atomic E-state index is 0. The Morgan fingerprint density at radius 1 is 1.33 bits per heavy atom. The first-order valence-electron chi connectivity index (χ1n) is 8.97. The normalized spacial score (nSPS) is 19.8. The summed E-state index contributed by atoms with van der Waals surface area (Å²) in [5, 5.41) is 16.1. The Bertz CT molecular complexity index is 1010. The average Bonchev–Trinajstić information content (AvgIpc) is 3.06. The number of β-amino-alcohol motifs (C(OH)–C–C–N with tert-alkyl or cyclic N) is 1. The molecule has 27 heavy (non-hydrogen) atoms. The Morgan fingerprint density at radius 3 is 2.93 bits per heavy atom. The molecular formula is C20H24ClN3O2S. The van der Waals surface area contributed by atoms with Crippen LogP contribution < -0.4 is 10.9 Å². The van der Waals surface area contributed by atoms with E-state index >= 15 is 0 Å². The zero-order valence-corrected chi connectivity index (χ0v) is 17.1. The van der Waals surface area contributed by atoms with Crippen molar-refractivity contribution < 1.29 is 5.11 Å². The number of piperidine rings is 1. The molecule has 144 valence electrons. The zero-order chi connectivity index (χ0) is 18.3. The van der Waals surface area contributed by atoms with Crippen LogP contribution in [-0.2, 0) is 6.54 Å². The number of hydrogen-bond donors (Lipinski definition) is 2. The van der Waals surface area contributed by atoms with Crippen molar-refractivity contribution in [2.24, 2.45) is 5.92 Å². The molecule has 0 aliphatic carbocycles. The summed E-state index contributed by atoms with van der Waals surface area (Å²) in [6.07, 6.45) is 2.06. The Kier molecular flexibility index (Phi) is 6.01. The van der Waals surface area contributed by atoms with Gasteiger partial charge >= 0.3 is 0 Å². The van der Waals surface area contributed by atoms with Crippen LogP contribution in [-0.4, -0.2) is 33.9 Å². The van der Waals surface area contributed by atoms with Gasteiger partial charge in [0.2, 0.25) is 0 Å². The molecule has 1 aliphatic rings. The Labute approximate surface area is 168 Å². The van der Waals surface area contributed by atoms with Crippen LogP contribution in [0.2, 0.25) is 0 Å². The minimum Gasteiger partial charge on any atom is -0.391 e. The lowest BCUT2D eigenvalue weighted by atomic mass is 9.95. The number of aliphatic hydroxyl groups excluding tert-OH is 1. The second kappa shape index (κ2) is 8.10. The van der Waals surface area contributed by atoms with Gasteiger partial charge < -0.3 is 10.4 Å². The third kappa shape index (κ3) is 3.80. The van der Waals surface area contributed by atoms with Crippen molar-refractivity contribution in [3.05, 3.63) is 51.4 Å². The Balaban J connectivity index is 0.00000210. The molecule has 1 aliphatic heterocycles. The summed E-state index contributed by atoms with van der Waals surface area (Å²) in [5.41, 5.74) is 4.36. The number of thiophene rings is 1. The number of aliphatic hydroxyl groups is 1. The van der Waals surface area contributed by atoms with Crippen molar-refractivity contribution in [2.45, 2.75) is 32.9 Å². The zero-order valence-electron chi connectivity index (χ0n) is 15.4. The summed E-state index contributed by atoms with van der Waals surface area (Å²) in [6.45, 7) is 6.09. The molecule has 7 heteroatoms. The van der Waals surface area contributed by atoms with Crippen LogP contribution >= 0.6 is 23.7 Å². The van der Waals surface area contributed by atoms with Gasteiger partial charge in [0, 0.05) is 30.0 Å². The Morgan fingerprint density at radius 2 is 2.15 bits per heavy atom. The number of rotatable bonds is 3. The summed E-state index contributed by atoms with van der Waals surface area (Å²) < 4.78 is 1.67. The van der Waals surface area contributed by atoms with Gasteiger partial charge in [-0.05, 0) is 37.9 Å². The van der Waals surface area contributed by atoms with Crippen molar-refractivity contribution in [2.75, 3.05) is 13.1 Å². The molecule has 3 heterocycles. The fourth-order valence-electron chi connectivity index (χ4n) is 3.68. The number of aryl methyl sites for hydroxylation is 2. The van der Waals surface area contributed by atoms with E-state index in [9.17, 15) is 9.90 Å². The van der Waals surface area contributed by atoms with Crippen LogP contribution in [0.3, 0.4) is 0 Å². The van der Waals surface area contributed by atoms with Crippen LogP contribution in [0.1, 0.15) is 17.5 Å². The SMILES string of the molecule is Cc1ccc(C)c(-c2csc3ncn(C[C@@H]4CCNC[C@H]4O)c(=O)c23)c1.Cl. The van der Waals surface area contributed by atoms with E-state index in [4.69, 9.17) is 0 Å². The molecule has 0 amide bonds. The maximum atomic E-state index is 13.2. The number of halogens is 1. The van der Waals surface area contributed by atoms with Gasteiger partial charge in [-0.2, -0.15) is 0 Å². The van der Waals surface area contributed by atoms with E-state index in [0.29, 0.717) is 18.5 Å². The van der Waals surface area contributed by atoms with E-state index < -0.39 is 6.10 Å². The van der Waals surface area contributed by atoms with Gasteiger partial charge in [0.25, 0.3) is 5.56 Å². The molecule has 4 rings (SSSR count). The third-order valence-corrected chi connectivity index (χ3v) is 6.15. The molecule has 0 unspecified atom stereocenters. The quantitative estimate of drug-likeness (QED) is 0.702. The molecule has 2 aromatic heterocycles. The molecule has 1 fully saturated rings. The summed E-state index contributed by atoms with van der Waals surface area (Å²) in [4.78, 5) is 18.5. The molecule has 2 N–H and O–H groups in total. The molecular weight excluding hydrogens is 382 g/mol. The van der Waals surface area contributed by atoms with Crippen LogP contribution in [0, 0.1) is 19.8 Å². The van der Waals surface area contributed by atoms with Crippen LogP contribution in [0.15, 0.2) is 34.7 Å². The molecule has 0 saturated carbocycles. The standard InChI is InChI=1S/C20H23N3O2S.ClH/c1-12-3-4-13(2)15(7-12)16-10-26-19-18(16)20(25)23(11-22-19)9-14-5-6-21-8-17(14)24;/h3-4,7,10-11,14,17,21,24H,5-6,8-9H2,1-2H3;1H/t14-,17+;/m0./s1. The second-order valence-electron chi connectivity index (χ2n) is 7.17. The first kappa shape index (κ1) is 20.0. The predicted molar refractivity (Wildman–Crippen MR) is 113 cm³/mol. The van der Waals surface area contributed by atoms with E-state index in [1.807, 2.05) is 5.38 Å². The van der Waals surface area contributed by atoms with Crippen molar-refractivity contribution >= 4 is 34.0 Å². The molecule has 0 radical (unpaired) electrons. The number of hydrogen-bond acceptors (Lipinski definition) is 5. The van der Waals surface area contributed by atoms with Gasteiger partial charge in [-0.3, -0.25) is 9.36 Å². The number of nitrogens with one attached hydrogen (secondary N) is 1. The van der Waals surface area contributed by atoms with Crippen LogP contribution in [0.4, 0.5) is 0 Å². The summed E-state index contributed by atoms with van der Waals surface area (Å²) in [5.74, 6) is 0.0796. The molecule has 3 aromatic rings. The highest BCUT2D eigenvalue weighted by atomic mass is 35.5. The van der Waals surface area contributed by atoms with E-state index in [0.717, 1.165) is 34.5 Å². The lowest BCUT2D eigenvalue weighted by Crippen LogP contribution is -2.43.